The lowest BCUT2D eigenvalue weighted by molar-refractivity contribution is 0.114. The van der Waals surface area contributed by atoms with Gasteiger partial charge in [-0.15, -0.1) is 11.3 Å². The van der Waals surface area contributed by atoms with Crippen LogP contribution in [0.4, 0.5) is 0 Å². The lowest BCUT2D eigenvalue weighted by Gasteiger charge is -2.39. The Morgan fingerprint density at radius 3 is 2.63 bits per heavy atom. The largest absolute Gasteiger partial charge is 0.316 e. The number of halogens is 1. The maximum atomic E-state index is 3.59. The molecular weight excluding hydrogens is 320 g/mol. The molecule has 19 heavy (non-hydrogen) atoms. The van der Waals surface area contributed by atoms with Crippen molar-refractivity contribution in [1.29, 1.82) is 0 Å². The molecule has 2 nitrogen and oxygen atoms in total. The van der Waals surface area contributed by atoms with Crippen LogP contribution in [0.15, 0.2) is 15.9 Å². The second-order valence-corrected chi connectivity index (χ2v) is 8.02. The Morgan fingerprint density at radius 1 is 1.42 bits per heavy atom. The summed E-state index contributed by atoms with van der Waals surface area (Å²) in [6, 6.07) is 4.60. The molecular formula is C15H23BrN2S. The molecule has 106 valence electrons. The van der Waals surface area contributed by atoms with Gasteiger partial charge in [0.1, 0.15) is 0 Å². The van der Waals surface area contributed by atoms with Gasteiger partial charge in [0.15, 0.2) is 0 Å². The summed E-state index contributed by atoms with van der Waals surface area (Å²) in [6.45, 7) is 0. The Labute approximate surface area is 128 Å². The van der Waals surface area contributed by atoms with Crippen molar-refractivity contribution in [2.24, 2.45) is 5.92 Å². The van der Waals surface area contributed by atoms with Gasteiger partial charge in [0, 0.05) is 32.9 Å². The molecule has 2 fully saturated rings. The Kier molecular flexibility index (Phi) is 4.32. The van der Waals surface area contributed by atoms with Crippen LogP contribution in [0.2, 0.25) is 0 Å². The van der Waals surface area contributed by atoms with Gasteiger partial charge >= 0.3 is 0 Å². The fraction of sp³-hybridized carbons (Fsp3) is 0.733. The van der Waals surface area contributed by atoms with Crippen molar-refractivity contribution in [1.82, 2.24) is 10.2 Å². The number of hydrogen-bond donors (Lipinski definition) is 1. The minimum atomic E-state index is 0.641. The van der Waals surface area contributed by atoms with Crippen molar-refractivity contribution in [3.63, 3.8) is 0 Å². The maximum Gasteiger partial charge on any atom is 0.0285 e. The molecule has 1 aromatic rings. The quantitative estimate of drug-likeness (QED) is 0.900. The van der Waals surface area contributed by atoms with Crippen LogP contribution >= 0.6 is 27.3 Å². The number of thiophene rings is 1. The van der Waals surface area contributed by atoms with E-state index >= 15 is 0 Å². The molecule has 3 unspecified atom stereocenters. The molecule has 0 saturated carbocycles. The molecule has 2 saturated heterocycles. The highest BCUT2D eigenvalue weighted by molar-refractivity contribution is 9.10. The van der Waals surface area contributed by atoms with Crippen molar-refractivity contribution >= 4 is 27.3 Å². The molecule has 3 atom stereocenters. The number of hydrogen-bond acceptors (Lipinski definition) is 3. The van der Waals surface area contributed by atoms with E-state index in [1.54, 1.807) is 0 Å². The molecule has 0 aromatic carbocycles. The summed E-state index contributed by atoms with van der Waals surface area (Å²) in [5.41, 5.74) is 0. The summed E-state index contributed by atoms with van der Waals surface area (Å²) in [6.07, 6.45) is 6.77. The highest BCUT2D eigenvalue weighted by atomic mass is 79.9. The van der Waals surface area contributed by atoms with Crippen LogP contribution in [-0.2, 0) is 6.42 Å². The number of fused-ring (bicyclic) bond motifs is 2. The van der Waals surface area contributed by atoms with E-state index in [0.717, 1.165) is 18.0 Å². The van der Waals surface area contributed by atoms with Gasteiger partial charge in [-0.1, -0.05) is 0 Å². The molecule has 2 bridgehead atoms. The summed E-state index contributed by atoms with van der Waals surface area (Å²) in [5, 5.41) is 5.78. The van der Waals surface area contributed by atoms with E-state index < -0.39 is 0 Å². The van der Waals surface area contributed by atoms with Gasteiger partial charge in [0.05, 0.1) is 0 Å². The van der Waals surface area contributed by atoms with Crippen LogP contribution in [0.3, 0.4) is 0 Å². The number of likely N-dealkylation sites (N-methyl/N-ethyl adjacent to an activating group) is 1. The van der Waals surface area contributed by atoms with Crippen molar-refractivity contribution in [2.45, 2.75) is 50.2 Å². The summed E-state index contributed by atoms with van der Waals surface area (Å²) < 4.78 is 1.23. The SMILES string of the molecule is CNC(Cc1cc(Br)cs1)C1CC2CCC(C1)N2C. The third-order valence-electron chi connectivity index (χ3n) is 5.12. The van der Waals surface area contributed by atoms with Gasteiger partial charge in [0.25, 0.3) is 0 Å². The minimum Gasteiger partial charge on any atom is -0.316 e. The number of piperidine rings is 1. The fourth-order valence-electron chi connectivity index (χ4n) is 3.96. The van der Waals surface area contributed by atoms with E-state index in [1.807, 2.05) is 11.3 Å². The Balaban J connectivity index is 1.66. The van der Waals surface area contributed by atoms with Crippen LogP contribution in [0, 0.1) is 5.92 Å². The normalized spacial score (nSPS) is 32.7. The molecule has 2 aliphatic heterocycles. The zero-order valence-electron chi connectivity index (χ0n) is 11.7. The highest BCUT2D eigenvalue weighted by Gasteiger charge is 2.40. The third kappa shape index (κ3) is 2.92. The van der Waals surface area contributed by atoms with Crippen molar-refractivity contribution in [3.05, 3.63) is 20.8 Å². The van der Waals surface area contributed by atoms with E-state index in [1.165, 1.54) is 41.5 Å². The number of nitrogens with one attached hydrogen (secondary N) is 1. The lowest BCUT2D eigenvalue weighted by atomic mass is 9.83. The second kappa shape index (κ2) is 5.84. The predicted molar refractivity (Wildman–Crippen MR) is 85.9 cm³/mol. The fourth-order valence-corrected chi connectivity index (χ4v) is 5.48. The summed E-state index contributed by atoms with van der Waals surface area (Å²) >= 11 is 5.44. The topological polar surface area (TPSA) is 15.3 Å². The van der Waals surface area contributed by atoms with E-state index in [2.05, 4.69) is 51.7 Å². The number of nitrogens with zero attached hydrogens (tertiary/aromatic N) is 1. The molecule has 3 rings (SSSR count). The summed E-state index contributed by atoms with van der Waals surface area (Å²) in [5.74, 6) is 0.847. The lowest BCUT2D eigenvalue weighted by Crippen LogP contribution is -2.47. The molecule has 0 spiro atoms. The van der Waals surface area contributed by atoms with Gasteiger partial charge < -0.3 is 10.2 Å². The average Bonchev–Trinajstić information content (AvgIpc) is 2.87. The van der Waals surface area contributed by atoms with Gasteiger partial charge in [-0.2, -0.15) is 0 Å². The zero-order valence-corrected chi connectivity index (χ0v) is 14.1. The first-order chi connectivity index (χ1) is 9.17. The summed E-state index contributed by atoms with van der Waals surface area (Å²) in [4.78, 5) is 4.13. The molecule has 2 aliphatic rings. The molecule has 3 heterocycles. The van der Waals surface area contributed by atoms with E-state index in [9.17, 15) is 0 Å². The smallest absolute Gasteiger partial charge is 0.0285 e. The van der Waals surface area contributed by atoms with Gasteiger partial charge in [-0.25, -0.2) is 0 Å². The van der Waals surface area contributed by atoms with E-state index in [4.69, 9.17) is 0 Å². The highest BCUT2D eigenvalue weighted by Crippen LogP contribution is 2.39. The summed E-state index contributed by atoms with van der Waals surface area (Å²) in [7, 11) is 4.46. The van der Waals surface area contributed by atoms with Crippen LogP contribution < -0.4 is 5.32 Å². The van der Waals surface area contributed by atoms with E-state index in [-0.39, 0.29) is 0 Å². The Morgan fingerprint density at radius 2 is 2.11 bits per heavy atom. The zero-order chi connectivity index (χ0) is 13.4. The monoisotopic (exact) mass is 342 g/mol. The van der Waals surface area contributed by atoms with Crippen molar-refractivity contribution in [2.75, 3.05) is 14.1 Å². The van der Waals surface area contributed by atoms with E-state index in [0.29, 0.717) is 6.04 Å². The Bertz CT molecular complexity index is 420. The maximum absolute atomic E-state index is 3.59. The van der Waals surface area contributed by atoms with Crippen molar-refractivity contribution in [3.8, 4) is 0 Å². The Hall–Kier alpha value is 0.1000. The van der Waals surface area contributed by atoms with Gasteiger partial charge in [-0.05, 0) is 74.1 Å². The van der Waals surface area contributed by atoms with Crippen LogP contribution in [0.5, 0.6) is 0 Å². The van der Waals surface area contributed by atoms with Crippen molar-refractivity contribution < 1.29 is 0 Å². The third-order valence-corrected chi connectivity index (χ3v) is 6.84. The van der Waals surface area contributed by atoms with Crippen LogP contribution in [-0.4, -0.2) is 37.1 Å². The predicted octanol–water partition coefficient (Wildman–Crippen LogP) is 3.51. The van der Waals surface area contributed by atoms with Crippen LogP contribution in [0.25, 0.3) is 0 Å². The first-order valence-corrected chi connectivity index (χ1v) is 8.96. The first-order valence-electron chi connectivity index (χ1n) is 7.29. The van der Waals surface area contributed by atoms with Gasteiger partial charge in [-0.3, -0.25) is 0 Å². The first kappa shape index (κ1) is 14.1. The second-order valence-electron chi connectivity index (χ2n) is 6.11. The number of rotatable bonds is 4. The molecule has 0 radical (unpaired) electrons. The molecule has 4 heteroatoms. The van der Waals surface area contributed by atoms with Crippen LogP contribution in [0.1, 0.15) is 30.6 Å². The molecule has 0 aliphatic carbocycles. The standard InChI is InChI=1S/C15H23BrN2S/c1-17-15(8-14-7-11(16)9-19-14)10-5-12-3-4-13(6-10)18(12)2/h7,9-10,12-13,15,17H,3-6,8H2,1-2H3. The molecule has 1 aromatic heterocycles. The molecule has 0 amide bonds. The average molecular weight is 343 g/mol. The molecule has 1 N–H and O–H groups in total. The van der Waals surface area contributed by atoms with Gasteiger partial charge in [0.2, 0.25) is 0 Å². The minimum absolute atomic E-state index is 0.641.